The van der Waals surface area contributed by atoms with E-state index in [0.717, 1.165) is 24.8 Å². The van der Waals surface area contributed by atoms with Gasteiger partial charge in [0.05, 0.1) is 0 Å². The summed E-state index contributed by atoms with van der Waals surface area (Å²) in [6.45, 7) is 0.520. The van der Waals surface area contributed by atoms with Crippen molar-refractivity contribution in [2.75, 3.05) is 0 Å². The summed E-state index contributed by atoms with van der Waals surface area (Å²) < 4.78 is 12.8. The van der Waals surface area contributed by atoms with E-state index in [4.69, 9.17) is 0 Å². The monoisotopic (exact) mass is 193 g/mol. The second kappa shape index (κ2) is 3.78. The molecule has 0 spiro atoms. The smallest absolute Gasteiger partial charge is 0.210 e. The SMILES string of the molecule is O=CN(Cc1cccc(F)c1)C1CC1. The maximum Gasteiger partial charge on any atom is 0.210 e. The standard InChI is InChI=1S/C11H12FNO/c12-10-3-1-2-9(6-10)7-13(8-14)11-4-5-11/h1-3,6,8,11H,4-5,7H2. The lowest BCUT2D eigenvalue weighted by Gasteiger charge is -2.16. The number of nitrogens with zero attached hydrogens (tertiary/aromatic N) is 1. The van der Waals surface area contributed by atoms with Crippen molar-refractivity contribution in [2.45, 2.75) is 25.4 Å². The van der Waals surface area contributed by atoms with E-state index in [1.165, 1.54) is 12.1 Å². The van der Waals surface area contributed by atoms with Crippen molar-refractivity contribution < 1.29 is 9.18 Å². The van der Waals surface area contributed by atoms with Crippen molar-refractivity contribution in [2.24, 2.45) is 0 Å². The Kier molecular flexibility index (Phi) is 2.48. The van der Waals surface area contributed by atoms with Gasteiger partial charge in [-0.15, -0.1) is 0 Å². The van der Waals surface area contributed by atoms with Crippen molar-refractivity contribution in [1.82, 2.24) is 4.90 Å². The number of carbonyl (C=O) groups excluding carboxylic acids is 1. The molecule has 0 atom stereocenters. The third-order valence-electron chi connectivity index (χ3n) is 2.41. The van der Waals surface area contributed by atoms with Gasteiger partial charge < -0.3 is 4.90 Å². The molecule has 2 rings (SSSR count). The molecule has 1 aliphatic rings. The van der Waals surface area contributed by atoms with Crippen LogP contribution in [-0.2, 0) is 11.3 Å². The topological polar surface area (TPSA) is 20.3 Å². The van der Waals surface area contributed by atoms with Crippen molar-refractivity contribution in [3.05, 3.63) is 35.6 Å². The molecule has 1 saturated carbocycles. The third kappa shape index (κ3) is 2.10. The van der Waals surface area contributed by atoms with Crippen LogP contribution in [0.15, 0.2) is 24.3 Å². The summed E-state index contributed by atoms with van der Waals surface area (Å²) >= 11 is 0. The summed E-state index contributed by atoms with van der Waals surface area (Å²) in [6, 6.07) is 6.77. The van der Waals surface area contributed by atoms with E-state index in [0.29, 0.717) is 12.6 Å². The van der Waals surface area contributed by atoms with Crippen molar-refractivity contribution in [3.63, 3.8) is 0 Å². The first kappa shape index (κ1) is 9.19. The van der Waals surface area contributed by atoms with E-state index in [1.54, 1.807) is 11.0 Å². The van der Waals surface area contributed by atoms with Crippen LogP contribution in [0.4, 0.5) is 4.39 Å². The zero-order chi connectivity index (χ0) is 9.97. The number of carbonyl (C=O) groups is 1. The van der Waals surface area contributed by atoms with Gasteiger partial charge in [-0.25, -0.2) is 4.39 Å². The van der Waals surface area contributed by atoms with Crippen LogP contribution in [0.25, 0.3) is 0 Å². The number of amides is 1. The lowest BCUT2D eigenvalue weighted by atomic mass is 10.2. The van der Waals surface area contributed by atoms with Crippen LogP contribution in [0.5, 0.6) is 0 Å². The normalized spacial score (nSPS) is 15.2. The Balaban J connectivity index is 2.04. The fourth-order valence-electron chi connectivity index (χ4n) is 1.50. The van der Waals surface area contributed by atoms with Crippen molar-refractivity contribution >= 4 is 6.41 Å². The second-order valence-electron chi connectivity index (χ2n) is 3.64. The van der Waals surface area contributed by atoms with Gasteiger partial charge in [0.15, 0.2) is 0 Å². The summed E-state index contributed by atoms with van der Waals surface area (Å²) in [7, 11) is 0. The molecular formula is C11H12FNO. The summed E-state index contributed by atoms with van der Waals surface area (Å²) in [4.78, 5) is 12.4. The molecule has 14 heavy (non-hydrogen) atoms. The number of hydrogen-bond donors (Lipinski definition) is 0. The Morgan fingerprint density at radius 2 is 2.29 bits per heavy atom. The van der Waals surface area contributed by atoms with E-state index in [9.17, 15) is 9.18 Å². The van der Waals surface area contributed by atoms with Gasteiger partial charge in [-0.05, 0) is 30.5 Å². The number of benzene rings is 1. The molecule has 0 N–H and O–H groups in total. The highest BCUT2D eigenvalue weighted by Gasteiger charge is 2.27. The molecule has 1 aromatic carbocycles. The molecule has 3 heteroatoms. The zero-order valence-electron chi connectivity index (χ0n) is 7.82. The highest BCUT2D eigenvalue weighted by atomic mass is 19.1. The molecule has 0 aliphatic heterocycles. The first-order valence-electron chi connectivity index (χ1n) is 4.75. The molecule has 0 saturated heterocycles. The van der Waals surface area contributed by atoms with Gasteiger partial charge >= 0.3 is 0 Å². The highest BCUT2D eigenvalue weighted by Crippen LogP contribution is 2.26. The predicted octanol–water partition coefficient (Wildman–Crippen LogP) is 1.95. The molecule has 0 heterocycles. The quantitative estimate of drug-likeness (QED) is 0.669. The van der Waals surface area contributed by atoms with Gasteiger partial charge in [-0.1, -0.05) is 12.1 Å². The average Bonchev–Trinajstić information content (AvgIpc) is 2.97. The third-order valence-corrected chi connectivity index (χ3v) is 2.41. The fraction of sp³-hybridized carbons (Fsp3) is 0.364. The van der Waals surface area contributed by atoms with Gasteiger partial charge in [0.25, 0.3) is 0 Å². The van der Waals surface area contributed by atoms with Crippen molar-refractivity contribution in [1.29, 1.82) is 0 Å². The molecule has 1 amide bonds. The van der Waals surface area contributed by atoms with Gasteiger partial charge in [-0.3, -0.25) is 4.79 Å². The molecule has 1 fully saturated rings. The zero-order valence-corrected chi connectivity index (χ0v) is 7.82. The van der Waals surface area contributed by atoms with E-state index < -0.39 is 0 Å². The van der Waals surface area contributed by atoms with Crippen LogP contribution < -0.4 is 0 Å². The van der Waals surface area contributed by atoms with E-state index in [1.807, 2.05) is 6.07 Å². The summed E-state index contributed by atoms with van der Waals surface area (Å²) in [6.07, 6.45) is 3.00. The minimum absolute atomic E-state index is 0.246. The van der Waals surface area contributed by atoms with Crippen LogP contribution in [0.3, 0.4) is 0 Å². The Labute approximate surface area is 82.3 Å². The van der Waals surface area contributed by atoms with Crippen molar-refractivity contribution in [3.8, 4) is 0 Å². The molecule has 0 aromatic heterocycles. The van der Waals surface area contributed by atoms with E-state index in [2.05, 4.69) is 0 Å². The minimum atomic E-state index is -0.246. The number of rotatable bonds is 4. The molecule has 74 valence electrons. The van der Waals surface area contributed by atoms with Gasteiger partial charge in [0.2, 0.25) is 6.41 Å². The summed E-state index contributed by atoms with van der Waals surface area (Å²) in [5.41, 5.74) is 0.851. The molecular weight excluding hydrogens is 181 g/mol. The summed E-state index contributed by atoms with van der Waals surface area (Å²) in [5, 5.41) is 0. The maximum atomic E-state index is 12.8. The maximum absolute atomic E-state index is 12.8. The van der Waals surface area contributed by atoms with Crippen LogP contribution in [0.1, 0.15) is 18.4 Å². The molecule has 0 unspecified atom stereocenters. The summed E-state index contributed by atoms with van der Waals surface area (Å²) in [5.74, 6) is -0.246. The van der Waals surface area contributed by atoms with E-state index in [-0.39, 0.29) is 5.82 Å². The lowest BCUT2D eigenvalue weighted by Crippen LogP contribution is -2.23. The average molecular weight is 193 g/mol. The van der Waals surface area contributed by atoms with Gasteiger partial charge in [-0.2, -0.15) is 0 Å². The fourth-order valence-corrected chi connectivity index (χ4v) is 1.50. The van der Waals surface area contributed by atoms with Crippen LogP contribution in [0.2, 0.25) is 0 Å². The van der Waals surface area contributed by atoms with Crippen LogP contribution in [-0.4, -0.2) is 17.4 Å². The minimum Gasteiger partial charge on any atom is -0.338 e. The van der Waals surface area contributed by atoms with Gasteiger partial charge in [0.1, 0.15) is 5.82 Å². The molecule has 0 radical (unpaired) electrons. The number of hydrogen-bond acceptors (Lipinski definition) is 1. The largest absolute Gasteiger partial charge is 0.338 e. The number of halogens is 1. The Hall–Kier alpha value is -1.38. The molecule has 0 bridgehead atoms. The van der Waals surface area contributed by atoms with E-state index >= 15 is 0 Å². The molecule has 2 nitrogen and oxygen atoms in total. The Morgan fingerprint density at radius 3 is 2.86 bits per heavy atom. The predicted molar refractivity (Wildman–Crippen MR) is 51.0 cm³/mol. The molecule has 1 aliphatic carbocycles. The Morgan fingerprint density at radius 1 is 1.50 bits per heavy atom. The van der Waals surface area contributed by atoms with Crippen LogP contribution in [0, 0.1) is 5.82 Å². The molecule has 1 aromatic rings. The van der Waals surface area contributed by atoms with Crippen LogP contribution >= 0.6 is 0 Å². The highest BCUT2D eigenvalue weighted by molar-refractivity contribution is 5.49. The van der Waals surface area contributed by atoms with Gasteiger partial charge in [0, 0.05) is 12.6 Å². The first-order chi connectivity index (χ1) is 6.79. The first-order valence-corrected chi connectivity index (χ1v) is 4.75. The Bertz CT molecular complexity index is 336. The second-order valence-corrected chi connectivity index (χ2v) is 3.64. The lowest BCUT2D eigenvalue weighted by molar-refractivity contribution is -0.119.